The Kier molecular flexibility index (Phi) is 2.71. The second-order valence-electron chi connectivity index (χ2n) is 4.15. The smallest absolute Gasteiger partial charge is 0.0538 e. The number of nitrogens with two attached hydrogens (primary N) is 1. The van der Waals surface area contributed by atoms with Crippen LogP contribution in [0.2, 0.25) is 0 Å². The minimum atomic E-state index is 0.179. The zero-order valence-corrected chi connectivity index (χ0v) is 8.41. The summed E-state index contributed by atoms with van der Waals surface area (Å²) in [5.74, 6) is 5.09. The van der Waals surface area contributed by atoms with Crippen LogP contribution in [0.15, 0.2) is 29.4 Å². The summed E-state index contributed by atoms with van der Waals surface area (Å²) in [6.45, 7) is 6.56. The molecule has 0 aliphatic rings. The molecule has 0 aromatic heterocycles. The number of hydrogen-bond donors (Lipinski definition) is 1. The number of hydrazone groups is 1. The lowest BCUT2D eigenvalue weighted by Gasteiger charge is -2.19. The summed E-state index contributed by atoms with van der Waals surface area (Å²) in [5, 5.41) is 3.50. The van der Waals surface area contributed by atoms with Gasteiger partial charge in [0.1, 0.15) is 0 Å². The lowest BCUT2D eigenvalue weighted by molar-refractivity contribution is 0.590. The van der Waals surface area contributed by atoms with Crippen LogP contribution in [0.3, 0.4) is 0 Å². The molecule has 0 saturated carbocycles. The van der Waals surface area contributed by atoms with Crippen molar-refractivity contribution >= 4 is 6.21 Å². The van der Waals surface area contributed by atoms with E-state index < -0.39 is 0 Å². The van der Waals surface area contributed by atoms with Crippen LogP contribution >= 0.6 is 0 Å². The predicted molar refractivity (Wildman–Crippen MR) is 56.9 cm³/mol. The van der Waals surface area contributed by atoms with Gasteiger partial charge in [0.25, 0.3) is 0 Å². The molecule has 0 heterocycles. The van der Waals surface area contributed by atoms with Gasteiger partial charge in [-0.3, -0.25) is 0 Å². The molecule has 0 saturated heterocycles. The lowest BCUT2D eigenvalue weighted by Crippen LogP contribution is -2.11. The molecule has 0 aliphatic heterocycles. The quantitative estimate of drug-likeness (QED) is 0.398. The predicted octanol–water partition coefficient (Wildman–Crippen LogP) is 2.28. The standard InChI is InChI=1S/C11H16N2/c1-11(2,3)10-6-4-5-9(7-10)8-13-12/h4-8H,12H2,1-3H3/b13-8-. The maximum absolute atomic E-state index is 5.09. The van der Waals surface area contributed by atoms with E-state index in [4.69, 9.17) is 5.84 Å². The zero-order chi connectivity index (χ0) is 9.90. The normalized spacial score (nSPS) is 12.2. The van der Waals surface area contributed by atoms with E-state index >= 15 is 0 Å². The Morgan fingerprint density at radius 1 is 1.31 bits per heavy atom. The van der Waals surface area contributed by atoms with Gasteiger partial charge in [0.05, 0.1) is 6.21 Å². The van der Waals surface area contributed by atoms with Gasteiger partial charge in [0.15, 0.2) is 0 Å². The van der Waals surface area contributed by atoms with Crippen molar-refractivity contribution in [3.63, 3.8) is 0 Å². The summed E-state index contributed by atoms with van der Waals surface area (Å²) in [5.41, 5.74) is 2.53. The van der Waals surface area contributed by atoms with Gasteiger partial charge < -0.3 is 5.84 Å². The maximum Gasteiger partial charge on any atom is 0.0538 e. The van der Waals surface area contributed by atoms with E-state index in [1.54, 1.807) is 6.21 Å². The summed E-state index contributed by atoms with van der Waals surface area (Å²) in [4.78, 5) is 0. The van der Waals surface area contributed by atoms with Crippen molar-refractivity contribution in [2.45, 2.75) is 26.2 Å². The van der Waals surface area contributed by atoms with E-state index in [2.05, 4.69) is 38.0 Å². The van der Waals surface area contributed by atoms with Gasteiger partial charge in [0.2, 0.25) is 0 Å². The van der Waals surface area contributed by atoms with Gasteiger partial charge in [-0.25, -0.2) is 0 Å². The van der Waals surface area contributed by atoms with Gasteiger partial charge in [0, 0.05) is 0 Å². The Balaban J connectivity index is 3.05. The number of hydrogen-bond acceptors (Lipinski definition) is 2. The second kappa shape index (κ2) is 3.60. The summed E-state index contributed by atoms with van der Waals surface area (Å²) >= 11 is 0. The van der Waals surface area contributed by atoms with Gasteiger partial charge in [-0.05, 0) is 22.6 Å². The fourth-order valence-corrected chi connectivity index (χ4v) is 1.17. The fraction of sp³-hybridized carbons (Fsp3) is 0.364. The zero-order valence-electron chi connectivity index (χ0n) is 8.41. The minimum Gasteiger partial charge on any atom is -0.323 e. The van der Waals surface area contributed by atoms with Gasteiger partial charge in [-0.15, -0.1) is 0 Å². The van der Waals surface area contributed by atoms with E-state index in [1.807, 2.05) is 12.1 Å². The van der Waals surface area contributed by atoms with Crippen molar-refractivity contribution in [1.29, 1.82) is 0 Å². The maximum atomic E-state index is 5.09. The minimum absolute atomic E-state index is 0.179. The average molecular weight is 176 g/mol. The molecular formula is C11H16N2. The summed E-state index contributed by atoms with van der Waals surface area (Å²) in [6, 6.07) is 8.24. The highest BCUT2D eigenvalue weighted by molar-refractivity contribution is 5.79. The first-order valence-electron chi connectivity index (χ1n) is 4.38. The molecule has 70 valence electrons. The number of benzene rings is 1. The Labute approximate surface area is 79.5 Å². The summed E-state index contributed by atoms with van der Waals surface area (Å²) < 4.78 is 0. The molecule has 0 atom stereocenters. The van der Waals surface area contributed by atoms with Crippen LogP contribution in [-0.4, -0.2) is 6.21 Å². The highest BCUT2D eigenvalue weighted by Gasteiger charge is 2.12. The highest BCUT2D eigenvalue weighted by Crippen LogP contribution is 2.22. The van der Waals surface area contributed by atoms with Crippen molar-refractivity contribution in [1.82, 2.24) is 0 Å². The monoisotopic (exact) mass is 176 g/mol. The SMILES string of the molecule is CC(C)(C)c1cccc(/C=N\N)c1. The fourth-order valence-electron chi connectivity index (χ4n) is 1.17. The van der Waals surface area contributed by atoms with E-state index in [1.165, 1.54) is 5.56 Å². The first-order chi connectivity index (χ1) is 6.04. The topological polar surface area (TPSA) is 38.4 Å². The van der Waals surface area contributed by atoms with Crippen LogP contribution in [0.1, 0.15) is 31.9 Å². The van der Waals surface area contributed by atoms with E-state index in [9.17, 15) is 0 Å². The van der Waals surface area contributed by atoms with Crippen LogP contribution in [0.25, 0.3) is 0 Å². The Hall–Kier alpha value is -1.31. The van der Waals surface area contributed by atoms with E-state index in [-0.39, 0.29) is 5.41 Å². The molecular weight excluding hydrogens is 160 g/mol. The molecule has 1 aromatic rings. The number of rotatable bonds is 1. The Morgan fingerprint density at radius 3 is 2.54 bits per heavy atom. The van der Waals surface area contributed by atoms with Gasteiger partial charge >= 0.3 is 0 Å². The van der Waals surface area contributed by atoms with Crippen LogP contribution in [-0.2, 0) is 5.41 Å². The lowest BCUT2D eigenvalue weighted by atomic mass is 9.86. The molecule has 2 nitrogen and oxygen atoms in total. The molecule has 0 fully saturated rings. The van der Waals surface area contributed by atoms with Crippen LogP contribution < -0.4 is 5.84 Å². The second-order valence-corrected chi connectivity index (χ2v) is 4.15. The molecule has 0 amide bonds. The average Bonchev–Trinajstić information content (AvgIpc) is 2.04. The van der Waals surface area contributed by atoms with Crippen LogP contribution in [0.4, 0.5) is 0 Å². The summed E-state index contributed by atoms with van der Waals surface area (Å²) in [7, 11) is 0. The first kappa shape index (κ1) is 9.78. The Morgan fingerprint density at radius 2 is 2.00 bits per heavy atom. The third-order valence-corrected chi connectivity index (χ3v) is 1.98. The molecule has 0 bridgehead atoms. The molecule has 1 rings (SSSR count). The van der Waals surface area contributed by atoms with Crippen molar-refractivity contribution < 1.29 is 0 Å². The van der Waals surface area contributed by atoms with Gasteiger partial charge in [-0.2, -0.15) is 5.10 Å². The van der Waals surface area contributed by atoms with E-state index in [0.29, 0.717) is 0 Å². The largest absolute Gasteiger partial charge is 0.323 e. The third kappa shape index (κ3) is 2.58. The highest BCUT2D eigenvalue weighted by atomic mass is 15.1. The van der Waals surface area contributed by atoms with Crippen molar-refractivity contribution in [3.8, 4) is 0 Å². The molecule has 13 heavy (non-hydrogen) atoms. The van der Waals surface area contributed by atoms with Crippen LogP contribution in [0.5, 0.6) is 0 Å². The molecule has 0 spiro atoms. The third-order valence-electron chi connectivity index (χ3n) is 1.98. The molecule has 0 aliphatic carbocycles. The van der Waals surface area contributed by atoms with Crippen molar-refractivity contribution in [2.75, 3.05) is 0 Å². The molecule has 1 aromatic carbocycles. The van der Waals surface area contributed by atoms with Crippen molar-refractivity contribution in [2.24, 2.45) is 10.9 Å². The Bertz CT molecular complexity index is 308. The first-order valence-corrected chi connectivity index (χ1v) is 4.38. The summed E-state index contributed by atoms with van der Waals surface area (Å²) in [6.07, 6.45) is 1.66. The molecule has 2 N–H and O–H groups in total. The van der Waals surface area contributed by atoms with Crippen molar-refractivity contribution in [3.05, 3.63) is 35.4 Å². The molecule has 0 radical (unpaired) electrons. The van der Waals surface area contributed by atoms with Crippen LogP contribution in [0, 0.1) is 0 Å². The van der Waals surface area contributed by atoms with Gasteiger partial charge in [-0.1, -0.05) is 39.0 Å². The van der Waals surface area contributed by atoms with E-state index in [0.717, 1.165) is 5.56 Å². The molecule has 2 heteroatoms. The molecule has 0 unspecified atom stereocenters. The number of nitrogens with zero attached hydrogens (tertiary/aromatic N) is 1.